The number of carbonyl (C=O) groups excluding carboxylic acids is 1. The molecule has 2 nitrogen and oxygen atoms in total. The molecule has 0 bridgehead atoms. The van der Waals surface area contributed by atoms with Crippen molar-refractivity contribution >= 4 is 5.97 Å². The molecule has 0 aromatic carbocycles. The minimum atomic E-state index is -0.168. The zero-order valence-corrected chi connectivity index (χ0v) is 21.5. The number of unbranched alkanes of at least 4 members (excludes halogenated alkanes) is 20. The van der Waals surface area contributed by atoms with E-state index >= 15 is 0 Å². The molecule has 0 fully saturated rings. The fraction of sp³-hybridized carbons (Fsp3) is 0.897. The summed E-state index contributed by atoms with van der Waals surface area (Å²) in [5.41, 5.74) is 0.666. The lowest BCUT2D eigenvalue weighted by atomic mass is 10.0. The molecule has 2 heteroatoms. The summed E-state index contributed by atoms with van der Waals surface area (Å²) in [7, 11) is 0. The Balaban J connectivity index is 3.31. The van der Waals surface area contributed by atoms with Crippen molar-refractivity contribution in [2.75, 3.05) is 6.61 Å². The van der Waals surface area contributed by atoms with Crippen LogP contribution in [-0.4, -0.2) is 12.6 Å². The highest BCUT2D eigenvalue weighted by Gasteiger charge is 2.07. The number of hydrogen-bond donors (Lipinski definition) is 0. The van der Waals surface area contributed by atoms with E-state index in [2.05, 4.69) is 20.4 Å². The molecule has 0 spiro atoms. The third-order valence-corrected chi connectivity index (χ3v) is 6.35. The first-order valence-corrected chi connectivity index (χ1v) is 14.1. The van der Waals surface area contributed by atoms with Gasteiger partial charge in [0.15, 0.2) is 0 Å². The van der Waals surface area contributed by atoms with E-state index in [0.717, 1.165) is 19.3 Å². The summed E-state index contributed by atoms with van der Waals surface area (Å²) >= 11 is 0. The van der Waals surface area contributed by atoms with Gasteiger partial charge in [0.05, 0.1) is 6.61 Å². The van der Waals surface area contributed by atoms with Crippen LogP contribution in [0.15, 0.2) is 12.2 Å². The Kier molecular flexibility index (Phi) is 24.8. The molecule has 0 radical (unpaired) electrons. The van der Waals surface area contributed by atoms with Crippen LogP contribution in [-0.2, 0) is 9.53 Å². The largest absolute Gasteiger partial charge is 0.462 e. The molecule has 0 heterocycles. The van der Waals surface area contributed by atoms with Gasteiger partial charge in [-0.3, -0.25) is 0 Å². The summed E-state index contributed by atoms with van der Waals surface area (Å²) in [6.45, 7) is 9.04. The minimum absolute atomic E-state index is 0.168. The monoisotopic (exact) mass is 436 g/mol. The molecule has 0 saturated carbocycles. The number of ether oxygens (including phenoxy) is 1. The van der Waals surface area contributed by atoms with Gasteiger partial charge in [-0.25, -0.2) is 4.79 Å². The number of carbonyl (C=O) groups is 1. The van der Waals surface area contributed by atoms with Gasteiger partial charge in [0.1, 0.15) is 0 Å². The topological polar surface area (TPSA) is 26.3 Å². The van der Waals surface area contributed by atoms with Crippen LogP contribution in [0.5, 0.6) is 0 Å². The second kappa shape index (κ2) is 25.5. The molecule has 0 unspecified atom stereocenters. The highest BCUT2D eigenvalue weighted by atomic mass is 16.5. The number of hydrogen-bond acceptors (Lipinski definition) is 2. The molecule has 0 amide bonds. The van der Waals surface area contributed by atoms with Crippen molar-refractivity contribution in [3.05, 3.63) is 12.2 Å². The Morgan fingerprint density at radius 3 is 1.23 bits per heavy atom. The van der Waals surface area contributed by atoms with Crippen LogP contribution in [0.2, 0.25) is 0 Å². The molecule has 0 N–H and O–H groups in total. The lowest BCUT2D eigenvalue weighted by Gasteiger charge is -2.07. The van der Waals surface area contributed by atoms with E-state index < -0.39 is 0 Å². The van der Waals surface area contributed by atoms with Crippen LogP contribution < -0.4 is 0 Å². The zero-order valence-electron chi connectivity index (χ0n) is 21.5. The van der Waals surface area contributed by atoms with Gasteiger partial charge in [-0.2, -0.15) is 0 Å². The average Bonchev–Trinajstić information content (AvgIpc) is 2.77. The molecular weight excluding hydrogens is 380 g/mol. The summed E-state index contributed by atoms with van der Waals surface area (Å²) in [5, 5.41) is 0. The standard InChI is InChI=1S/C29H56O2/c1-4-6-8-10-12-14-16-17-18-20-22-24-26-28(3)29(30)31-27-25-23-21-19-15-13-11-9-7-5-2/h3-27H2,1-2H3. The average molecular weight is 437 g/mol. The maximum atomic E-state index is 12.0. The van der Waals surface area contributed by atoms with Crippen molar-refractivity contribution in [3.63, 3.8) is 0 Å². The van der Waals surface area contributed by atoms with Crippen molar-refractivity contribution in [1.82, 2.24) is 0 Å². The van der Waals surface area contributed by atoms with Gasteiger partial charge < -0.3 is 4.74 Å². The molecule has 31 heavy (non-hydrogen) atoms. The van der Waals surface area contributed by atoms with E-state index in [-0.39, 0.29) is 5.97 Å². The zero-order chi connectivity index (χ0) is 22.8. The van der Waals surface area contributed by atoms with Crippen LogP contribution in [0.1, 0.15) is 162 Å². The van der Waals surface area contributed by atoms with Crippen LogP contribution in [0.4, 0.5) is 0 Å². The molecule has 0 aromatic rings. The Bertz CT molecular complexity index is 388. The first-order chi connectivity index (χ1) is 15.2. The fourth-order valence-corrected chi connectivity index (χ4v) is 4.14. The van der Waals surface area contributed by atoms with Crippen molar-refractivity contribution in [2.24, 2.45) is 0 Å². The number of esters is 1. The summed E-state index contributed by atoms with van der Waals surface area (Å²) < 4.78 is 5.39. The van der Waals surface area contributed by atoms with Crippen molar-refractivity contribution < 1.29 is 9.53 Å². The predicted molar refractivity (Wildman–Crippen MR) is 138 cm³/mol. The van der Waals surface area contributed by atoms with Crippen LogP contribution in [0, 0.1) is 0 Å². The summed E-state index contributed by atoms with van der Waals surface area (Å²) in [6.07, 6.45) is 29.9. The molecule has 0 aliphatic heterocycles. The van der Waals surface area contributed by atoms with Crippen LogP contribution >= 0.6 is 0 Å². The Labute approximate surface area is 196 Å². The minimum Gasteiger partial charge on any atom is -0.462 e. The molecule has 0 aromatic heterocycles. The van der Waals surface area contributed by atoms with Crippen molar-refractivity contribution in [3.8, 4) is 0 Å². The van der Waals surface area contributed by atoms with Gasteiger partial charge >= 0.3 is 5.97 Å². The highest BCUT2D eigenvalue weighted by Crippen LogP contribution is 2.15. The second-order valence-electron chi connectivity index (χ2n) is 9.56. The lowest BCUT2D eigenvalue weighted by Crippen LogP contribution is -2.08. The van der Waals surface area contributed by atoms with E-state index in [9.17, 15) is 4.79 Å². The summed E-state index contributed by atoms with van der Waals surface area (Å²) in [6, 6.07) is 0. The first kappa shape index (κ1) is 30.2. The van der Waals surface area contributed by atoms with Crippen LogP contribution in [0.3, 0.4) is 0 Å². The van der Waals surface area contributed by atoms with E-state index in [1.807, 2.05) is 0 Å². The van der Waals surface area contributed by atoms with E-state index in [0.29, 0.717) is 12.2 Å². The first-order valence-electron chi connectivity index (χ1n) is 14.1. The fourth-order valence-electron chi connectivity index (χ4n) is 4.14. The summed E-state index contributed by atoms with van der Waals surface area (Å²) in [5.74, 6) is -0.168. The number of rotatable bonds is 25. The van der Waals surface area contributed by atoms with E-state index in [1.54, 1.807) is 0 Å². The van der Waals surface area contributed by atoms with E-state index in [4.69, 9.17) is 4.74 Å². The molecule has 0 atom stereocenters. The second-order valence-corrected chi connectivity index (χ2v) is 9.56. The maximum Gasteiger partial charge on any atom is 0.333 e. The molecule has 0 saturated heterocycles. The normalized spacial score (nSPS) is 11.0. The third-order valence-electron chi connectivity index (χ3n) is 6.35. The van der Waals surface area contributed by atoms with Crippen LogP contribution in [0.25, 0.3) is 0 Å². The Hall–Kier alpha value is -0.790. The smallest absolute Gasteiger partial charge is 0.333 e. The highest BCUT2D eigenvalue weighted by molar-refractivity contribution is 5.87. The van der Waals surface area contributed by atoms with Gasteiger partial charge in [0.2, 0.25) is 0 Å². The third kappa shape index (κ3) is 23.7. The Morgan fingerprint density at radius 1 is 0.516 bits per heavy atom. The SMILES string of the molecule is C=C(CCCCCCCCCCCCCC)C(=O)OCCCCCCCCCCCC. The van der Waals surface area contributed by atoms with Gasteiger partial charge in [-0.15, -0.1) is 0 Å². The maximum absolute atomic E-state index is 12.0. The molecule has 0 rings (SSSR count). The lowest BCUT2D eigenvalue weighted by molar-refractivity contribution is -0.139. The molecule has 0 aliphatic rings. The molecule has 0 aliphatic carbocycles. The van der Waals surface area contributed by atoms with E-state index in [1.165, 1.54) is 128 Å². The summed E-state index contributed by atoms with van der Waals surface area (Å²) in [4.78, 5) is 12.0. The van der Waals surface area contributed by atoms with Crippen molar-refractivity contribution in [2.45, 2.75) is 162 Å². The quantitative estimate of drug-likeness (QED) is 0.0808. The molecular formula is C29H56O2. The van der Waals surface area contributed by atoms with Crippen molar-refractivity contribution in [1.29, 1.82) is 0 Å². The van der Waals surface area contributed by atoms with Gasteiger partial charge in [-0.05, 0) is 19.3 Å². The predicted octanol–water partition coefficient (Wildman–Crippen LogP) is 10.1. The molecule has 184 valence electrons. The Morgan fingerprint density at radius 2 is 0.839 bits per heavy atom. The van der Waals surface area contributed by atoms with Gasteiger partial charge in [0, 0.05) is 5.57 Å². The van der Waals surface area contributed by atoms with Gasteiger partial charge in [-0.1, -0.05) is 149 Å². The van der Waals surface area contributed by atoms with Gasteiger partial charge in [0.25, 0.3) is 0 Å².